The first-order valence-corrected chi connectivity index (χ1v) is 15.0. The average molecular weight is 619 g/mol. The standard InChI is InChI=1S/C33H31ClN2O6S/c1-5-40-27-17-21(11-16-26(27)42-19-23-9-7-8-10-25(23)34)18-28-31(37)36-30(22-12-14-24(39-4)15-13-22)29(32(38)41-6-2)20(3)35-33(36)43-28/h7-18,30H,5-6,19H2,1-4H3/b28-18-. The minimum atomic E-state index is -0.706. The zero-order valence-corrected chi connectivity index (χ0v) is 25.8. The van der Waals surface area contributed by atoms with E-state index in [0.717, 1.165) is 16.7 Å². The number of allylic oxidation sites excluding steroid dienone is 1. The third kappa shape index (κ3) is 6.38. The number of nitrogens with zero attached hydrogens (tertiary/aromatic N) is 2. The van der Waals surface area contributed by atoms with Crippen molar-refractivity contribution in [2.45, 2.75) is 33.4 Å². The molecular formula is C33H31ClN2O6S. The number of methoxy groups -OCH3 is 1. The summed E-state index contributed by atoms with van der Waals surface area (Å²) in [4.78, 5) is 32.2. The van der Waals surface area contributed by atoms with E-state index >= 15 is 0 Å². The van der Waals surface area contributed by atoms with E-state index in [1.165, 1.54) is 11.3 Å². The van der Waals surface area contributed by atoms with E-state index in [2.05, 4.69) is 4.99 Å². The van der Waals surface area contributed by atoms with Crippen molar-refractivity contribution in [2.24, 2.45) is 4.99 Å². The molecule has 1 aliphatic heterocycles. The highest BCUT2D eigenvalue weighted by atomic mass is 35.5. The van der Waals surface area contributed by atoms with Gasteiger partial charge in [0.2, 0.25) is 0 Å². The summed E-state index contributed by atoms with van der Waals surface area (Å²) >= 11 is 7.55. The van der Waals surface area contributed by atoms with Crippen LogP contribution in [0, 0.1) is 0 Å². The van der Waals surface area contributed by atoms with Crippen LogP contribution in [0.5, 0.6) is 17.2 Å². The molecule has 0 saturated carbocycles. The van der Waals surface area contributed by atoms with E-state index in [0.29, 0.717) is 49.5 Å². The molecule has 0 radical (unpaired) electrons. The van der Waals surface area contributed by atoms with Crippen LogP contribution in [-0.2, 0) is 16.1 Å². The fraction of sp³-hybridized carbons (Fsp3) is 0.242. The Hall–Kier alpha value is -4.34. The predicted octanol–water partition coefficient (Wildman–Crippen LogP) is 5.44. The third-order valence-corrected chi connectivity index (χ3v) is 8.21. The van der Waals surface area contributed by atoms with Crippen LogP contribution in [0.4, 0.5) is 0 Å². The minimum absolute atomic E-state index is 0.204. The van der Waals surface area contributed by atoms with Gasteiger partial charge in [-0.3, -0.25) is 9.36 Å². The number of ether oxygens (including phenoxy) is 4. The normalized spacial score (nSPS) is 14.6. The van der Waals surface area contributed by atoms with Gasteiger partial charge < -0.3 is 18.9 Å². The first-order chi connectivity index (χ1) is 20.8. The molecule has 0 fully saturated rings. The van der Waals surface area contributed by atoms with Crippen LogP contribution in [0.3, 0.4) is 0 Å². The Morgan fingerprint density at radius 1 is 1.02 bits per heavy atom. The van der Waals surface area contributed by atoms with Crippen LogP contribution >= 0.6 is 22.9 Å². The van der Waals surface area contributed by atoms with Crippen LogP contribution in [-0.4, -0.2) is 30.9 Å². The quantitative estimate of drug-likeness (QED) is 0.220. The van der Waals surface area contributed by atoms with Crippen LogP contribution in [0.25, 0.3) is 6.08 Å². The molecular weight excluding hydrogens is 588 g/mol. The molecule has 8 nitrogen and oxygen atoms in total. The fourth-order valence-electron chi connectivity index (χ4n) is 4.82. The molecule has 0 aliphatic carbocycles. The molecule has 2 heterocycles. The van der Waals surface area contributed by atoms with Crippen LogP contribution in [0.15, 0.2) is 87.8 Å². The van der Waals surface area contributed by atoms with E-state index in [4.69, 9.17) is 30.5 Å². The molecule has 10 heteroatoms. The molecule has 4 aromatic rings. The number of thiazole rings is 1. The lowest BCUT2D eigenvalue weighted by Gasteiger charge is -2.24. The number of hydrogen-bond acceptors (Lipinski definition) is 8. The van der Waals surface area contributed by atoms with Gasteiger partial charge in [0.1, 0.15) is 12.4 Å². The lowest BCUT2D eigenvalue weighted by molar-refractivity contribution is -0.139. The summed E-state index contributed by atoms with van der Waals surface area (Å²) in [5, 5.41) is 0.627. The van der Waals surface area contributed by atoms with Gasteiger partial charge in [0.15, 0.2) is 16.3 Å². The lowest BCUT2D eigenvalue weighted by atomic mass is 9.96. The van der Waals surface area contributed by atoms with Gasteiger partial charge in [-0.05, 0) is 68.3 Å². The number of esters is 1. The van der Waals surface area contributed by atoms with Gasteiger partial charge in [0, 0.05) is 10.6 Å². The molecule has 222 valence electrons. The predicted molar refractivity (Wildman–Crippen MR) is 167 cm³/mol. The number of carbonyl (C=O) groups is 1. The maximum absolute atomic E-state index is 13.9. The van der Waals surface area contributed by atoms with E-state index in [1.807, 2.05) is 61.5 Å². The molecule has 0 bridgehead atoms. The molecule has 1 atom stereocenters. The zero-order chi connectivity index (χ0) is 30.5. The summed E-state index contributed by atoms with van der Waals surface area (Å²) in [6.45, 7) is 6.32. The maximum Gasteiger partial charge on any atom is 0.338 e. The Morgan fingerprint density at radius 2 is 1.79 bits per heavy atom. The van der Waals surface area contributed by atoms with Gasteiger partial charge in [0.05, 0.1) is 42.2 Å². The van der Waals surface area contributed by atoms with Crippen molar-refractivity contribution < 1.29 is 23.7 Å². The van der Waals surface area contributed by atoms with Crippen LogP contribution in [0.2, 0.25) is 5.02 Å². The molecule has 0 N–H and O–H groups in total. The highest BCUT2D eigenvalue weighted by molar-refractivity contribution is 7.07. The number of benzene rings is 3. The fourth-order valence-corrected chi connectivity index (χ4v) is 6.05. The molecule has 43 heavy (non-hydrogen) atoms. The van der Waals surface area contributed by atoms with E-state index in [-0.39, 0.29) is 18.8 Å². The van der Waals surface area contributed by atoms with Crippen molar-refractivity contribution in [3.8, 4) is 17.2 Å². The molecule has 0 saturated heterocycles. The van der Waals surface area contributed by atoms with Crippen molar-refractivity contribution in [2.75, 3.05) is 20.3 Å². The molecule has 3 aromatic carbocycles. The number of fused-ring (bicyclic) bond motifs is 1. The summed E-state index contributed by atoms with van der Waals surface area (Å²) in [5.74, 6) is 1.27. The van der Waals surface area contributed by atoms with Gasteiger partial charge in [-0.15, -0.1) is 0 Å². The molecule has 0 spiro atoms. The van der Waals surface area contributed by atoms with Gasteiger partial charge in [-0.25, -0.2) is 9.79 Å². The van der Waals surface area contributed by atoms with Crippen molar-refractivity contribution in [3.05, 3.63) is 119 Å². The summed E-state index contributed by atoms with van der Waals surface area (Å²) in [7, 11) is 1.58. The second kappa shape index (κ2) is 13.3. The van der Waals surface area contributed by atoms with Crippen LogP contribution in [0.1, 0.15) is 43.5 Å². The van der Waals surface area contributed by atoms with Crippen molar-refractivity contribution >= 4 is 35.0 Å². The Kier molecular flexibility index (Phi) is 9.33. The van der Waals surface area contributed by atoms with Gasteiger partial charge in [-0.1, -0.05) is 59.3 Å². The molecule has 1 unspecified atom stereocenters. The highest BCUT2D eigenvalue weighted by Crippen LogP contribution is 2.32. The van der Waals surface area contributed by atoms with Crippen molar-refractivity contribution in [1.29, 1.82) is 0 Å². The Balaban J connectivity index is 1.56. The summed E-state index contributed by atoms with van der Waals surface area (Å²) in [6, 6.07) is 19.6. The molecule has 1 aromatic heterocycles. The second-order valence-electron chi connectivity index (χ2n) is 9.59. The maximum atomic E-state index is 13.9. The molecule has 0 amide bonds. The Morgan fingerprint density at radius 3 is 2.49 bits per heavy atom. The monoisotopic (exact) mass is 618 g/mol. The summed E-state index contributed by atoms with van der Waals surface area (Å²) in [6.07, 6.45) is 1.79. The van der Waals surface area contributed by atoms with Gasteiger partial charge in [-0.2, -0.15) is 0 Å². The first kappa shape index (κ1) is 30.1. The van der Waals surface area contributed by atoms with Crippen molar-refractivity contribution in [1.82, 2.24) is 4.57 Å². The average Bonchev–Trinajstić information content (AvgIpc) is 3.30. The number of rotatable bonds is 10. The minimum Gasteiger partial charge on any atom is -0.497 e. The topological polar surface area (TPSA) is 88.4 Å². The lowest BCUT2D eigenvalue weighted by Crippen LogP contribution is -2.39. The van der Waals surface area contributed by atoms with E-state index in [1.54, 1.807) is 43.7 Å². The van der Waals surface area contributed by atoms with Gasteiger partial charge in [0.25, 0.3) is 5.56 Å². The van der Waals surface area contributed by atoms with E-state index < -0.39 is 12.0 Å². The number of carbonyl (C=O) groups excluding carboxylic acids is 1. The van der Waals surface area contributed by atoms with Crippen LogP contribution < -0.4 is 29.1 Å². The molecule has 1 aliphatic rings. The number of hydrogen-bond donors (Lipinski definition) is 0. The Bertz CT molecular complexity index is 1860. The molecule has 5 rings (SSSR count). The largest absolute Gasteiger partial charge is 0.497 e. The van der Waals surface area contributed by atoms with Gasteiger partial charge >= 0.3 is 5.97 Å². The first-order valence-electron chi connectivity index (χ1n) is 13.8. The highest BCUT2D eigenvalue weighted by Gasteiger charge is 2.33. The third-order valence-electron chi connectivity index (χ3n) is 6.85. The Labute approximate surface area is 258 Å². The summed E-state index contributed by atoms with van der Waals surface area (Å²) < 4.78 is 24.6. The van der Waals surface area contributed by atoms with Crippen molar-refractivity contribution in [3.63, 3.8) is 0 Å². The zero-order valence-electron chi connectivity index (χ0n) is 24.3. The van der Waals surface area contributed by atoms with E-state index in [9.17, 15) is 9.59 Å². The second-order valence-corrected chi connectivity index (χ2v) is 11.0. The number of halogens is 1. The number of aromatic nitrogens is 1. The smallest absolute Gasteiger partial charge is 0.338 e. The summed E-state index contributed by atoms with van der Waals surface area (Å²) in [5.41, 5.74) is 2.91. The SMILES string of the molecule is CCOC(=O)C1=C(C)N=c2s/c(=C\c3ccc(OCc4ccccc4Cl)c(OCC)c3)c(=O)n2C1c1ccc(OC)cc1.